The molecule has 2 fully saturated rings. The van der Waals surface area contributed by atoms with Gasteiger partial charge in [-0.2, -0.15) is 0 Å². The first-order chi connectivity index (χ1) is 13.0. The van der Waals surface area contributed by atoms with E-state index in [1.54, 1.807) is 36.4 Å². The molecule has 4 nitrogen and oxygen atoms in total. The van der Waals surface area contributed by atoms with E-state index in [0.717, 1.165) is 0 Å². The van der Waals surface area contributed by atoms with Crippen LogP contribution in [0.2, 0.25) is 20.1 Å². The van der Waals surface area contributed by atoms with Gasteiger partial charge in [-0.1, -0.05) is 58.5 Å². The molecule has 27 heavy (non-hydrogen) atoms. The summed E-state index contributed by atoms with van der Waals surface area (Å²) in [5, 5.41) is 2.03. The van der Waals surface area contributed by atoms with Gasteiger partial charge in [0.1, 0.15) is 0 Å². The van der Waals surface area contributed by atoms with Crippen molar-refractivity contribution in [3.05, 3.63) is 67.6 Å². The Bertz CT molecular complexity index is 715. The fourth-order valence-electron chi connectivity index (χ4n) is 3.16. The summed E-state index contributed by atoms with van der Waals surface area (Å²) in [7, 11) is 0. The lowest BCUT2D eigenvalue weighted by Gasteiger charge is -2.44. The molecule has 0 unspecified atom stereocenters. The largest absolute Gasteiger partial charge is 0.347 e. The molecule has 2 heterocycles. The fourth-order valence-corrected chi connectivity index (χ4v) is 4.31. The first-order valence-electron chi connectivity index (χ1n) is 8.33. The summed E-state index contributed by atoms with van der Waals surface area (Å²) in [4.78, 5) is 0. The lowest BCUT2D eigenvalue weighted by atomic mass is 9.90. The van der Waals surface area contributed by atoms with Crippen LogP contribution in [0.4, 0.5) is 0 Å². The van der Waals surface area contributed by atoms with E-state index in [9.17, 15) is 0 Å². The number of hydrogen-bond acceptors (Lipinski definition) is 4. The highest BCUT2D eigenvalue weighted by Gasteiger charge is 2.43. The van der Waals surface area contributed by atoms with Gasteiger partial charge in [-0.15, -0.1) is 0 Å². The molecule has 0 bridgehead atoms. The van der Waals surface area contributed by atoms with E-state index in [1.807, 2.05) is 0 Å². The van der Waals surface area contributed by atoms with Gasteiger partial charge >= 0.3 is 0 Å². The van der Waals surface area contributed by atoms with Gasteiger partial charge in [0.05, 0.1) is 51.9 Å². The van der Waals surface area contributed by atoms with Crippen molar-refractivity contribution in [2.75, 3.05) is 26.4 Å². The molecule has 2 aromatic rings. The summed E-state index contributed by atoms with van der Waals surface area (Å²) in [6.07, 6.45) is -1.24. The predicted molar refractivity (Wildman–Crippen MR) is 105 cm³/mol. The molecular weight excluding hydrogens is 434 g/mol. The molecule has 2 aliphatic rings. The van der Waals surface area contributed by atoms with Crippen molar-refractivity contribution in [2.24, 2.45) is 5.41 Å². The minimum atomic E-state index is -0.618. The SMILES string of the molecule is Clc1cccc(Cl)c1C1OCC2(CO1)COC(c1c(Cl)cccc1Cl)OC2. The Morgan fingerprint density at radius 1 is 0.593 bits per heavy atom. The molecule has 144 valence electrons. The van der Waals surface area contributed by atoms with Crippen LogP contribution in [0.15, 0.2) is 36.4 Å². The van der Waals surface area contributed by atoms with Crippen molar-refractivity contribution < 1.29 is 18.9 Å². The van der Waals surface area contributed by atoms with Crippen molar-refractivity contribution in [3.8, 4) is 0 Å². The Kier molecular flexibility index (Phi) is 5.89. The monoisotopic (exact) mass is 448 g/mol. The molecule has 2 saturated heterocycles. The molecule has 0 atom stereocenters. The fraction of sp³-hybridized carbons (Fsp3) is 0.368. The van der Waals surface area contributed by atoms with Crippen molar-refractivity contribution in [3.63, 3.8) is 0 Å². The summed E-state index contributed by atoms with van der Waals surface area (Å²) < 4.78 is 23.6. The van der Waals surface area contributed by atoms with E-state index in [-0.39, 0.29) is 0 Å². The van der Waals surface area contributed by atoms with Crippen LogP contribution in [0, 0.1) is 5.41 Å². The molecule has 2 aliphatic heterocycles. The second-order valence-electron chi connectivity index (χ2n) is 6.68. The molecule has 2 aromatic carbocycles. The third-order valence-corrected chi connectivity index (χ3v) is 5.95. The van der Waals surface area contributed by atoms with Crippen molar-refractivity contribution in [2.45, 2.75) is 12.6 Å². The van der Waals surface area contributed by atoms with Gasteiger partial charge in [0, 0.05) is 11.1 Å². The van der Waals surface area contributed by atoms with Gasteiger partial charge in [-0.3, -0.25) is 0 Å². The Morgan fingerprint density at radius 2 is 0.889 bits per heavy atom. The van der Waals surface area contributed by atoms with Crippen molar-refractivity contribution >= 4 is 46.4 Å². The molecule has 0 radical (unpaired) electrons. The molecular formula is C19H16Cl4O4. The predicted octanol–water partition coefficient (Wildman–Crippen LogP) is 6.08. The normalized spacial score (nSPS) is 28.4. The highest BCUT2D eigenvalue weighted by Crippen LogP contribution is 2.43. The number of halogens is 4. The van der Waals surface area contributed by atoms with Crippen LogP contribution in [-0.4, -0.2) is 26.4 Å². The second-order valence-corrected chi connectivity index (χ2v) is 8.31. The van der Waals surface area contributed by atoms with Crippen molar-refractivity contribution in [1.82, 2.24) is 0 Å². The third kappa shape index (κ3) is 3.96. The van der Waals surface area contributed by atoms with Gasteiger partial charge in [-0.05, 0) is 24.3 Å². The molecule has 0 aromatic heterocycles. The topological polar surface area (TPSA) is 36.9 Å². The second kappa shape index (κ2) is 8.05. The maximum Gasteiger partial charge on any atom is 0.186 e. The number of benzene rings is 2. The molecule has 0 saturated carbocycles. The Morgan fingerprint density at radius 3 is 1.19 bits per heavy atom. The molecule has 0 aliphatic carbocycles. The number of rotatable bonds is 2. The van der Waals surface area contributed by atoms with E-state index in [1.165, 1.54) is 0 Å². The zero-order valence-electron chi connectivity index (χ0n) is 14.1. The van der Waals surface area contributed by atoms with E-state index in [0.29, 0.717) is 57.6 Å². The highest BCUT2D eigenvalue weighted by atomic mass is 35.5. The lowest BCUT2D eigenvalue weighted by molar-refractivity contribution is -0.307. The standard InChI is InChI=1S/C19H16Cl4O4/c20-11-3-1-4-12(21)15(11)17-24-7-19(8-25-17)9-26-18(27-10-19)16-13(22)5-2-6-14(16)23/h1-6,17-18H,7-10H2. The summed E-state index contributed by atoms with van der Waals surface area (Å²) in [5.74, 6) is 0. The molecule has 0 N–H and O–H groups in total. The van der Waals surface area contributed by atoms with Gasteiger partial charge < -0.3 is 18.9 Å². The van der Waals surface area contributed by atoms with E-state index in [2.05, 4.69) is 0 Å². The maximum absolute atomic E-state index is 6.24. The molecule has 8 heteroatoms. The summed E-state index contributed by atoms with van der Waals surface area (Å²) in [6.45, 7) is 1.56. The maximum atomic E-state index is 6.24. The van der Waals surface area contributed by atoms with E-state index < -0.39 is 18.0 Å². The van der Waals surface area contributed by atoms with Crippen LogP contribution in [0.25, 0.3) is 0 Å². The van der Waals surface area contributed by atoms with Crippen LogP contribution in [0.5, 0.6) is 0 Å². The molecule has 4 rings (SSSR count). The van der Waals surface area contributed by atoms with Crippen LogP contribution < -0.4 is 0 Å². The highest BCUT2D eigenvalue weighted by molar-refractivity contribution is 6.36. The first-order valence-corrected chi connectivity index (χ1v) is 9.84. The lowest BCUT2D eigenvalue weighted by Crippen LogP contribution is -2.49. The summed E-state index contributed by atoms with van der Waals surface area (Å²) in [6, 6.07) is 10.6. The van der Waals surface area contributed by atoms with Crippen LogP contribution in [0.1, 0.15) is 23.7 Å². The van der Waals surface area contributed by atoms with E-state index >= 15 is 0 Å². The van der Waals surface area contributed by atoms with Gasteiger partial charge in [0.25, 0.3) is 0 Å². The first kappa shape index (κ1) is 19.7. The third-order valence-electron chi connectivity index (χ3n) is 4.63. The van der Waals surface area contributed by atoms with Gasteiger partial charge in [-0.25, -0.2) is 0 Å². The van der Waals surface area contributed by atoms with Crippen LogP contribution in [-0.2, 0) is 18.9 Å². The zero-order valence-corrected chi connectivity index (χ0v) is 17.1. The minimum absolute atomic E-state index is 0.391. The van der Waals surface area contributed by atoms with Gasteiger partial charge in [0.15, 0.2) is 12.6 Å². The molecule has 1 spiro atoms. The quantitative estimate of drug-likeness (QED) is 0.556. The average molecular weight is 450 g/mol. The molecule has 0 amide bonds. The Hall–Kier alpha value is -0.560. The number of hydrogen-bond donors (Lipinski definition) is 0. The van der Waals surface area contributed by atoms with Gasteiger partial charge in [0.2, 0.25) is 0 Å². The smallest absolute Gasteiger partial charge is 0.186 e. The Labute approximate surface area is 177 Å². The summed E-state index contributed by atoms with van der Waals surface area (Å²) in [5.41, 5.74) is 0.859. The number of ether oxygens (including phenoxy) is 4. The van der Waals surface area contributed by atoms with E-state index in [4.69, 9.17) is 65.4 Å². The zero-order chi connectivity index (χ0) is 19.0. The van der Waals surface area contributed by atoms with Crippen molar-refractivity contribution in [1.29, 1.82) is 0 Å². The average Bonchev–Trinajstić information content (AvgIpc) is 2.65. The van der Waals surface area contributed by atoms with Crippen LogP contribution >= 0.6 is 46.4 Å². The minimum Gasteiger partial charge on any atom is -0.347 e. The summed E-state index contributed by atoms with van der Waals surface area (Å²) >= 11 is 25.0. The van der Waals surface area contributed by atoms with Crippen LogP contribution in [0.3, 0.4) is 0 Å². The Balaban J connectivity index is 1.42.